The van der Waals surface area contributed by atoms with Gasteiger partial charge in [0, 0.05) is 17.8 Å². The Kier molecular flexibility index (Phi) is 6.02. The van der Waals surface area contributed by atoms with E-state index in [9.17, 15) is 14.3 Å². The molecule has 0 radical (unpaired) electrons. The van der Waals surface area contributed by atoms with Crippen LogP contribution < -0.4 is 11.3 Å². The quantitative estimate of drug-likeness (QED) is 0.315. The number of aryl methyl sites for hydroxylation is 1. The molecule has 6 aromatic rings. The van der Waals surface area contributed by atoms with E-state index < -0.39 is 5.82 Å². The standard InChI is InChI=1S/C30H26FN7O2/c1-16(2)23-8-5-9-33-28(23)38-21(11-18-7-4-6-17(3)24(18)30(38)40)14-37-29-25(27(32)34-15-35-29)26(36-37)19-10-20(31)13-22(39)12-19/h4-13,15-16,39H,14H2,1-3H3,(H2,32,34,35). The number of fused-ring (bicyclic) bond motifs is 2. The van der Waals surface area contributed by atoms with E-state index in [0.717, 1.165) is 22.6 Å². The summed E-state index contributed by atoms with van der Waals surface area (Å²) in [6.45, 7) is 6.15. The number of nitrogens with two attached hydrogens (primary N) is 1. The van der Waals surface area contributed by atoms with Crippen molar-refractivity contribution >= 4 is 27.6 Å². The lowest BCUT2D eigenvalue weighted by Crippen LogP contribution is -2.26. The van der Waals surface area contributed by atoms with Gasteiger partial charge in [-0.2, -0.15) is 5.10 Å². The Bertz CT molecular complexity index is 1970. The largest absolute Gasteiger partial charge is 0.508 e. The predicted molar refractivity (Wildman–Crippen MR) is 152 cm³/mol. The Morgan fingerprint density at radius 2 is 1.85 bits per heavy atom. The maximum Gasteiger partial charge on any atom is 0.264 e. The molecule has 0 saturated heterocycles. The lowest BCUT2D eigenvalue weighted by molar-refractivity contribution is 0.469. The van der Waals surface area contributed by atoms with Crippen molar-refractivity contribution in [2.75, 3.05) is 5.73 Å². The molecular weight excluding hydrogens is 509 g/mol. The summed E-state index contributed by atoms with van der Waals surface area (Å²) in [6, 6.07) is 15.2. The zero-order chi connectivity index (χ0) is 28.1. The molecule has 0 atom stereocenters. The summed E-state index contributed by atoms with van der Waals surface area (Å²) in [5.74, 6) is -0.0512. The van der Waals surface area contributed by atoms with Gasteiger partial charge in [0.15, 0.2) is 5.65 Å². The average Bonchev–Trinajstić information content (AvgIpc) is 3.28. The number of anilines is 1. The van der Waals surface area contributed by atoms with Crippen molar-refractivity contribution in [2.24, 2.45) is 0 Å². The van der Waals surface area contributed by atoms with Crippen molar-refractivity contribution in [3.8, 4) is 22.8 Å². The van der Waals surface area contributed by atoms with E-state index >= 15 is 0 Å². The Balaban J connectivity index is 1.64. The van der Waals surface area contributed by atoms with Crippen LogP contribution in [0.25, 0.3) is 38.9 Å². The van der Waals surface area contributed by atoms with Gasteiger partial charge < -0.3 is 10.8 Å². The Morgan fingerprint density at radius 1 is 1.02 bits per heavy atom. The van der Waals surface area contributed by atoms with E-state index in [-0.39, 0.29) is 29.6 Å². The van der Waals surface area contributed by atoms with Crippen molar-refractivity contribution in [3.05, 3.63) is 100 Å². The second kappa shape index (κ2) is 9.57. The number of nitrogen functional groups attached to an aromatic ring is 1. The Labute approximate surface area is 228 Å². The molecule has 2 aromatic carbocycles. The highest BCUT2D eigenvalue weighted by Crippen LogP contribution is 2.33. The monoisotopic (exact) mass is 535 g/mol. The van der Waals surface area contributed by atoms with Crippen LogP contribution in [0.1, 0.15) is 36.6 Å². The molecule has 0 saturated carbocycles. The van der Waals surface area contributed by atoms with Crippen molar-refractivity contribution < 1.29 is 9.50 Å². The number of hydrogen-bond acceptors (Lipinski definition) is 7. The predicted octanol–water partition coefficient (Wildman–Crippen LogP) is 5.10. The molecule has 3 N–H and O–H groups in total. The van der Waals surface area contributed by atoms with E-state index in [0.29, 0.717) is 39.2 Å². The Hall–Kier alpha value is -5.12. The van der Waals surface area contributed by atoms with Crippen LogP contribution in [0, 0.1) is 12.7 Å². The number of halogens is 1. The molecule has 10 heteroatoms. The number of phenolic OH excluding ortho intramolecular Hbond substituents is 1. The number of hydrogen-bond donors (Lipinski definition) is 2. The number of aromatic nitrogens is 6. The molecule has 4 aromatic heterocycles. The third-order valence-corrected chi connectivity index (χ3v) is 7.01. The molecule has 0 bridgehead atoms. The second-order valence-electron chi connectivity index (χ2n) is 10.0. The van der Waals surface area contributed by atoms with Gasteiger partial charge in [0.25, 0.3) is 5.56 Å². The zero-order valence-corrected chi connectivity index (χ0v) is 22.1. The molecule has 40 heavy (non-hydrogen) atoms. The zero-order valence-electron chi connectivity index (χ0n) is 22.1. The molecule has 0 aliphatic heterocycles. The highest BCUT2D eigenvalue weighted by molar-refractivity contribution is 5.98. The molecular formula is C30H26FN7O2. The van der Waals surface area contributed by atoms with Gasteiger partial charge in [0.05, 0.1) is 23.0 Å². The number of nitrogens with zero attached hydrogens (tertiary/aromatic N) is 6. The number of benzene rings is 2. The molecule has 4 heterocycles. The fourth-order valence-electron chi connectivity index (χ4n) is 5.19. The molecule has 6 rings (SSSR count). The fourth-order valence-corrected chi connectivity index (χ4v) is 5.19. The van der Waals surface area contributed by atoms with Gasteiger partial charge in [0.1, 0.15) is 35.2 Å². The molecule has 0 spiro atoms. The minimum absolute atomic E-state index is 0.112. The lowest BCUT2D eigenvalue weighted by atomic mass is 10.0. The van der Waals surface area contributed by atoms with Crippen LogP contribution in [0.15, 0.2) is 71.9 Å². The molecule has 0 aliphatic rings. The summed E-state index contributed by atoms with van der Waals surface area (Å²) in [7, 11) is 0. The molecule has 0 amide bonds. The van der Waals surface area contributed by atoms with E-state index in [2.05, 4.69) is 28.8 Å². The topological polar surface area (TPSA) is 125 Å². The molecule has 9 nitrogen and oxygen atoms in total. The highest BCUT2D eigenvalue weighted by atomic mass is 19.1. The first-order valence-corrected chi connectivity index (χ1v) is 12.8. The highest BCUT2D eigenvalue weighted by Gasteiger charge is 2.22. The summed E-state index contributed by atoms with van der Waals surface area (Å²) in [6.07, 6.45) is 3.00. The fraction of sp³-hybridized carbons (Fsp3) is 0.167. The van der Waals surface area contributed by atoms with Crippen LogP contribution >= 0.6 is 0 Å². The maximum atomic E-state index is 14.2. The molecule has 0 unspecified atom stereocenters. The smallest absolute Gasteiger partial charge is 0.264 e. The first-order valence-electron chi connectivity index (χ1n) is 12.8. The number of rotatable bonds is 5. The van der Waals surface area contributed by atoms with Crippen molar-refractivity contribution in [1.82, 2.24) is 29.3 Å². The van der Waals surface area contributed by atoms with E-state index in [4.69, 9.17) is 10.8 Å². The van der Waals surface area contributed by atoms with Gasteiger partial charge >= 0.3 is 0 Å². The second-order valence-corrected chi connectivity index (χ2v) is 10.0. The van der Waals surface area contributed by atoms with Crippen LogP contribution in [0.5, 0.6) is 5.75 Å². The minimum Gasteiger partial charge on any atom is -0.508 e. The third kappa shape index (κ3) is 4.14. The van der Waals surface area contributed by atoms with Gasteiger partial charge in [-0.25, -0.2) is 24.0 Å². The Morgan fingerprint density at radius 3 is 2.62 bits per heavy atom. The first kappa shape index (κ1) is 25.2. The summed E-state index contributed by atoms with van der Waals surface area (Å²) >= 11 is 0. The summed E-state index contributed by atoms with van der Waals surface area (Å²) in [5.41, 5.74) is 9.50. The average molecular weight is 536 g/mol. The van der Waals surface area contributed by atoms with Gasteiger partial charge in [-0.1, -0.05) is 38.1 Å². The van der Waals surface area contributed by atoms with Crippen molar-refractivity contribution in [2.45, 2.75) is 33.2 Å². The van der Waals surface area contributed by atoms with Crippen LogP contribution in [-0.4, -0.2) is 34.4 Å². The first-order chi connectivity index (χ1) is 19.2. The minimum atomic E-state index is -0.622. The van der Waals surface area contributed by atoms with Crippen LogP contribution in [0.3, 0.4) is 0 Å². The lowest BCUT2D eigenvalue weighted by Gasteiger charge is -2.19. The van der Waals surface area contributed by atoms with Crippen LogP contribution in [0.2, 0.25) is 0 Å². The van der Waals surface area contributed by atoms with Crippen LogP contribution in [0.4, 0.5) is 10.2 Å². The van der Waals surface area contributed by atoms with E-state index in [1.807, 2.05) is 43.3 Å². The van der Waals surface area contributed by atoms with Gasteiger partial charge in [-0.15, -0.1) is 0 Å². The summed E-state index contributed by atoms with van der Waals surface area (Å²) in [5, 5.41) is 16.6. The van der Waals surface area contributed by atoms with Crippen molar-refractivity contribution in [1.29, 1.82) is 0 Å². The summed E-state index contributed by atoms with van der Waals surface area (Å²) in [4.78, 5) is 27.3. The molecule has 0 fully saturated rings. The molecule has 0 aliphatic carbocycles. The van der Waals surface area contributed by atoms with Crippen molar-refractivity contribution in [3.63, 3.8) is 0 Å². The molecule has 200 valence electrons. The number of pyridine rings is 2. The summed E-state index contributed by atoms with van der Waals surface area (Å²) < 4.78 is 17.5. The normalized spacial score (nSPS) is 11.6. The van der Waals surface area contributed by atoms with Gasteiger partial charge in [-0.3, -0.25) is 9.36 Å². The number of aromatic hydroxyl groups is 1. The van der Waals surface area contributed by atoms with Gasteiger partial charge in [-0.05, 0) is 53.6 Å². The van der Waals surface area contributed by atoms with E-state index in [1.165, 1.54) is 18.5 Å². The van der Waals surface area contributed by atoms with Crippen LogP contribution in [-0.2, 0) is 6.54 Å². The maximum absolute atomic E-state index is 14.2. The SMILES string of the molecule is Cc1cccc2cc(Cn3nc(-c4cc(O)cc(F)c4)c4c(N)ncnc43)n(-c3ncccc3C(C)C)c(=O)c12. The number of phenols is 1. The van der Waals surface area contributed by atoms with E-state index in [1.54, 1.807) is 15.4 Å². The third-order valence-electron chi connectivity index (χ3n) is 7.01. The van der Waals surface area contributed by atoms with Gasteiger partial charge in [0.2, 0.25) is 0 Å².